The normalized spacial score (nSPS) is 17.3. The number of amides is 1. The quantitative estimate of drug-likeness (QED) is 0.593. The summed E-state index contributed by atoms with van der Waals surface area (Å²) in [5.41, 5.74) is 1.88. The second-order valence-electron chi connectivity index (χ2n) is 7.40. The van der Waals surface area contributed by atoms with Gasteiger partial charge >= 0.3 is 0 Å². The summed E-state index contributed by atoms with van der Waals surface area (Å²) in [6, 6.07) is 16.3. The lowest BCUT2D eigenvalue weighted by atomic mass is 9.99. The summed E-state index contributed by atoms with van der Waals surface area (Å²) < 4.78 is 28.3. The summed E-state index contributed by atoms with van der Waals surface area (Å²) >= 11 is 5.85. The van der Waals surface area contributed by atoms with E-state index in [0.29, 0.717) is 22.8 Å². The SMILES string of the molecule is O=C(Nc1ccc(S(=O)(=O)N2CCCCC2c2cccnc2)cc1)c1ccc(Cl)cc1. The Hall–Kier alpha value is -2.74. The molecule has 160 valence electrons. The number of hydrogen-bond acceptors (Lipinski definition) is 4. The molecule has 8 heteroatoms. The standard InChI is InChI=1S/C23H22ClN3O3S/c24-19-8-6-17(7-9-19)23(28)26-20-10-12-21(13-11-20)31(29,30)27-15-2-1-5-22(27)18-4-3-14-25-16-18/h3-4,6-14,16,22H,1-2,5,15H2,(H,26,28). The maximum absolute atomic E-state index is 13.4. The van der Waals surface area contributed by atoms with Gasteiger partial charge in [0.2, 0.25) is 10.0 Å². The van der Waals surface area contributed by atoms with Gasteiger partial charge in [0.25, 0.3) is 5.91 Å². The second-order valence-corrected chi connectivity index (χ2v) is 9.73. The third-order valence-corrected chi connectivity index (χ3v) is 7.52. The fourth-order valence-electron chi connectivity index (χ4n) is 3.75. The Kier molecular flexibility index (Phi) is 6.36. The van der Waals surface area contributed by atoms with Gasteiger partial charge in [0.1, 0.15) is 0 Å². The molecule has 6 nitrogen and oxygen atoms in total. The summed E-state index contributed by atoms with van der Waals surface area (Å²) in [6.45, 7) is 0.469. The summed E-state index contributed by atoms with van der Waals surface area (Å²) in [5.74, 6) is -0.292. The minimum absolute atomic E-state index is 0.202. The Bertz CT molecular complexity index is 1150. The van der Waals surface area contributed by atoms with Gasteiger partial charge in [-0.2, -0.15) is 4.31 Å². The Morgan fingerprint density at radius 2 is 1.77 bits per heavy atom. The number of piperidine rings is 1. The van der Waals surface area contributed by atoms with E-state index in [1.54, 1.807) is 53.1 Å². The number of halogens is 1. The molecule has 0 aliphatic carbocycles. The van der Waals surface area contributed by atoms with Crippen LogP contribution >= 0.6 is 11.6 Å². The zero-order valence-corrected chi connectivity index (χ0v) is 18.3. The van der Waals surface area contributed by atoms with Crippen molar-refractivity contribution in [1.29, 1.82) is 0 Å². The predicted molar refractivity (Wildman–Crippen MR) is 121 cm³/mol. The number of benzene rings is 2. The number of carbonyl (C=O) groups excluding carboxylic acids is 1. The van der Waals surface area contributed by atoms with Crippen LogP contribution in [0.25, 0.3) is 0 Å². The van der Waals surface area contributed by atoms with Crippen molar-refractivity contribution in [2.45, 2.75) is 30.2 Å². The fourth-order valence-corrected chi connectivity index (χ4v) is 5.56. The van der Waals surface area contributed by atoms with E-state index in [-0.39, 0.29) is 16.8 Å². The molecule has 1 aliphatic heterocycles. The molecule has 1 aromatic heterocycles. The smallest absolute Gasteiger partial charge is 0.255 e. The van der Waals surface area contributed by atoms with Gasteiger partial charge in [-0.05, 0) is 73.0 Å². The minimum Gasteiger partial charge on any atom is -0.322 e. The molecule has 1 atom stereocenters. The van der Waals surface area contributed by atoms with Crippen molar-refractivity contribution in [3.8, 4) is 0 Å². The molecule has 0 saturated carbocycles. The monoisotopic (exact) mass is 455 g/mol. The van der Waals surface area contributed by atoms with Crippen LogP contribution in [0.5, 0.6) is 0 Å². The Morgan fingerprint density at radius 3 is 2.45 bits per heavy atom. The van der Waals surface area contributed by atoms with Crippen LogP contribution in [0.1, 0.15) is 41.2 Å². The molecule has 31 heavy (non-hydrogen) atoms. The molecule has 0 bridgehead atoms. The molecule has 1 N–H and O–H groups in total. The Morgan fingerprint density at radius 1 is 1.03 bits per heavy atom. The number of aromatic nitrogens is 1. The molecular formula is C23H22ClN3O3S. The summed E-state index contributed by atoms with van der Waals surface area (Å²) in [4.78, 5) is 16.7. The molecule has 4 rings (SSSR count). The summed E-state index contributed by atoms with van der Waals surface area (Å²) in [6.07, 6.45) is 5.97. The van der Waals surface area contributed by atoms with E-state index in [4.69, 9.17) is 11.6 Å². The van der Waals surface area contributed by atoms with Crippen LogP contribution in [-0.4, -0.2) is 30.2 Å². The maximum Gasteiger partial charge on any atom is 0.255 e. The number of anilines is 1. The predicted octanol–water partition coefficient (Wildman–Crippen LogP) is 4.90. The molecule has 3 aromatic rings. The van der Waals surface area contributed by atoms with Crippen LogP contribution in [-0.2, 0) is 10.0 Å². The number of nitrogens with zero attached hydrogens (tertiary/aromatic N) is 2. The first-order valence-corrected chi connectivity index (χ1v) is 11.9. The highest BCUT2D eigenvalue weighted by molar-refractivity contribution is 7.89. The zero-order valence-electron chi connectivity index (χ0n) is 16.7. The van der Waals surface area contributed by atoms with Crippen LogP contribution < -0.4 is 5.32 Å². The number of pyridine rings is 1. The Balaban J connectivity index is 1.53. The van der Waals surface area contributed by atoms with Crippen molar-refractivity contribution >= 4 is 33.2 Å². The average Bonchev–Trinajstić information content (AvgIpc) is 2.80. The van der Waals surface area contributed by atoms with Crippen molar-refractivity contribution in [3.05, 3.63) is 89.2 Å². The Labute approximate surface area is 186 Å². The number of carbonyl (C=O) groups is 1. The van der Waals surface area contributed by atoms with Crippen LogP contribution in [0.3, 0.4) is 0 Å². The topological polar surface area (TPSA) is 79.4 Å². The number of rotatable bonds is 5. The van der Waals surface area contributed by atoms with Gasteiger partial charge in [-0.1, -0.05) is 24.1 Å². The van der Waals surface area contributed by atoms with Gasteiger partial charge < -0.3 is 5.32 Å². The van der Waals surface area contributed by atoms with E-state index >= 15 is 0 Å². The number of hydrogen-bond donors (Lipinski definition) is 1. The molecular weight excluding hydrogens is 434 g/mol. The molecule has 0 radical (unpaired) electrons. The van der Waals surface area contributed by atoms with Gasteiger partial charge in [0.15, 0.2) is 0 Å². The first kappa shape index (κ1) is 21.5. The van der Waals surface area contributed by atoms with Gasteiger partial charge in [0, 0.05) is 35.2 Å². The minimum atomic E-state index is -3.68. The fraction of sp³-hybridized carbons (Fsp3) is 0.217. The summed E-state index contributed by atoms with van der Waals surface area (Å²) in [7, 11) is -3.68. The van der Waals surface area contributed by atoms with Gasteiger partial charge in [-0.3, -0.25) is 9.78 Å². The molecule has 1 fully saturated rings. The molecule has 1 unspecified atom stereocenters. The van der Waals surface area contributed by atoms with Crippen LogP contribution in [0.15, 0.2) is 78.0 Å². The van der Waals surface area contributed by atoms with E-state index in [1.165, 1.54) is 12.1 Å². The van der Waals surface area contributed by atoms with E-state index in [0.717, 1.165) is 24.8 Å². The first-order chi connectivity index (χ1) is 14.9. The zero-order chi connectivity index (χ0) is 21.8. The lowest BCUT2D eigenvalue weighted by Gasteiger charge is -2.34. The third-order valence-electron chi connectivity index (χ3n) is 5.35. The largest absolute Gasteiger partial charge is 0.322 e. The first-order valence-electron chi connectivity index (χ1n) is 10.0. The lowest BCUT2D eigenvalue weighted by molar-refractivity contribution is 0.102. The van der Waals surface area contributed by atoms with Crippen molar-refractivity contribution in [2.75, 3.05) is 11.9 Å². The van der Waals surface area contributed by atoms with Crippen molar-refractivity contribution in [2.24, 2.45) is 0 Å². The highest BCUT2D eigenvalue weighted by Gasteiger charge is 2.34. The molecule has 1 aliphatic rings. The third kappa shape index (κ3) is 4.79. The molecule has 1 amide bonds. The lowest BCUT2D eigenvalue weighted by Crippen LogP contribution is -2.38. The van der Waals surface area contributed by atoms with Crippen molar-refractivity contribution in [3.63, 3.8) is 0 Å². The molecule has 2 heterocycles. The highest BCUT2D eigenvalue weighted by Crippen LogP contribution is 2.35. The van der Waals surface area contributed by atoms with Crippen LogP contribution in [0.2, 0.25) is 5.02 Å². The van der Waals surface area contributed by atoms with Crippen molar-refractivity contribution < 1.29 is 13.2 Å². The second kappa shape index (κ2) is 9.18. The molecule has 1 saturated heterocycles. The number of sulfonamides is 1. The van der Waals surface area contributed by atoms with Gasteiger partial charge in [-0.15, -0.1) is 0 Å². The number of nitrogens with one attached hydrogen (secondary N) is 1. The molecule has 2 aromatic carbocycles. The maximum atomic E-state index is 13.4. The van der Waals surface area contributed by atoms with E-state index in [9.17, 15) is 13.2 Å². The highest BCUT2D eigenvalue weighted by atomic mass is 35.5. The van der Waals surface area contributed by atoms with Crippen molar-refractivity contribution in [1.82, 2.24) is 9.29 Å². The van der Waals surface area contributed by atoms with E-state index in [1.807, 2.05) is 12.1 Å². The summed E-state index contributed by atoms with van der Waals surface area (Å²) in [5, 5.41) is 3.32. The van der Waals surface area contributed by atoms with Gasteiger partial charge in [0.05, 0.1) is 10.9 Å². The van der Waals surface area contributed by atoms with E-state index in [2.05, 4.69) is 10.3 Å². The average molecular weight is 456 g/mol. The van der Waals surface area contributed by atoms with Gasteiger partial charge in [-0.25, -0.2) is 8.42 Å². The van der Waals surface area contributed by atoms with Crippen LogP contribution in [0.4, 0.5) is 5.69 Å². The van der Waals surface area contributed by atoms with E-state index < -0.39 is 10.0 Å². The van der Waals surface area contributed by atoms with Crippen LogP contribution in [0, 0.1) is 0 Å². The molecule has 0 spiro atoms.